The van der Waals surface area contributed by atoms with Gasteiger partial charge in [-0.3, -0.25) is 19.3 Å². The molecule has 160 valence electrons. The molecule has 0 aliphatic carbocycles. The van der Waals surface area contributed by atoms with Gasteiger partial charge < -0.3 is 15.4 Å². The van der Waals surface area contributed by atoms with Gasteiger partial charge in [0.1, 0.15) is 18.7 Å². The number of amides is 3. The average molecular weight is 423 g/mol. The normalized spacial score (nSPS) is 13.0. The molecule has 1 aliphatic heterocycles. The molecule has 3 aromatic rings. The minimum absolute atomic E-state index is 0.259. The zero-order valence-corrected chi connectivity index (χ0v) is 16.9. The number of rotatable bonds is 9. The van der Waals surface area contributed by atoms with Crippen LogP contribution in [0, 0.1) is 0 Å². The predicted molar refractivity (Wildman–Crippen MR) is 111 cm³/mol. The molecule has 0 atom stereocenters. The number of imide groups is 1. The number of nitrogens with zero attached hydrogens (tertiary/aromatic N) is 5. The summed E-state index contributed by atoms with van der Waals surface area (Å²) in [5, 5.41) is 10.9. The first-order valence-electron chi connectivity index (χ1n) is 9.71. The number of aromatic nitrogens is 4. The lowest BCUT2D eigenvalue weighted by Gasteiger charge is -2.13. The van der Waals surface area contributed by atoms with Crippen molar-refractivity contribution in [2.45, 2.75) is 6.54 Å². The number of benzene rings is 1. The maximum absolute atomic E-state index is 12.4. The summed E-state index contributed by atoms with van der Waals surface area (Å²) in [4.78, 5) is 46.5. The molecule has 0 spiro atoms. The number of carbonyl (C=O) groups excluding carboxylic acids is 3. The number of hydrogen-bond donors (Lipinski definition) is 2. The molecule has 0 saturated carbocycles. The highest BCUT2D eigenvalue weighted by molar-refractivity contribution is 6.22. The van der Waals surface area contributed by atoms with Crippen LogP contribution in [-0.4, -0.2) is 75.7 Å². The van der Waals surface area contributed by atoms with E-state index < -0.39 is 17.7 Å². The standard InChI is InChI=1S/C20H21N7O4/c1-31-9-7-22-17-15-10-25-27(18(15)24-12-23-17)8-6-21-16(28)11-26-19(29)13-4-2-3-5-14(13)20(26)30/h2-5,10,12H,6-9,11H2,1H3,(H,21,28)(H,22,23,24). The molecule has 0 fully saturated rings. The van der Waals surface area contributed by atoms with E-state index in [9.17, 15) is 14.4 Å². The van der Waals surface area contributed by atoms with Gasteiger partial charge in [-0.2, -0.15) is 5.10 Å². The summed E-state index contributed by atoms with van der Waals surface area (Å²) < 4.78 is 6.68. The van der Waals surface area contributed by atoms with Gasteiger partial charge in [-0.1, -0.05) is 12.1 Å². The third-order valence-corrected chi connectivity index (χ3v) is 4.86. The first kappa shape index (κ1) is 20.4. The molecule has 31 heavy (non-hydrogen) atoms. The van der Waals surface area contributed by atoms with Crippen molar-refractivity contribution in [2.24, 2.45) is 0 Å². The van der Waals surface area contributed by atoms with E-state index in [-0.39, 0.29) is 13.1 Å². The van der Waals surface area contributed by atoms with Crippen LogP contribution < -0.4 is 10.6 Å². The molecular weight excluding hydrogens is 402 g/mol. The minimum atomic E-state index is -0.459. The topological polar surface area (TPSA) is 131 Å². The molecule has 0 unspecified atom stereocenters. The van der Waals surface area contributed by atoms with Crippen molar-refractivity contribution in [3.8, 4) is 0 Å². The van der Waals surface area contributed by atoms with Crippen LogP contribution in [0.1, 0.15) is 20.7 Å². The summed E-state index contributed by atoms with van der Waals surface area (Å²) in [7, 11) is 1.62. The van der Waals surface area contributed by atoms with Crippen LogP contribution in [-0.2, 0) is 16.1 Å². The Balaban J connectivity index is 1.33. The molecule has 2 N–H and O–H groups in total. The maximum atomic E-state index is 12.4. The van der Waals surface area contributed by atoms with E-state index in [1.54, 1.807) is 42.3 Å². The molecule has 0 radical (unpaired) electrons. The number of anilines is 1. The van der Waals surface area contributed by atoms with E-state index in [0.717, 1.165) is 10.3 Å². The fraction of sp³-hybridized carbons (Fsp3) is 0.300. The van der Waals surface area contributed by atoms with Gasteiger partial charge >= 0.3 is 0 Å². The van der Waals surface area contributed by atoms with Crippen molar-refractivity contribution in [2.75, 3.05) is 38.7 Å². The third-order valence-electron chi connectivity index (χ3n) is 4.86. The molecule has 0 saturated heterocycles. The molecule has 2 aromatic heterocycles. The summed E-state index contributed by atoms with van der Waals surface area (Å²) in [5.74, 6) is -0.691. The lowest BCUT2D eigenvalue weighted by Crippen LogP contribution is -2.41. The summed E-state index contributed by atoms with van der Waals surface area (Å²) in [5.41, 5.74) is 1.26. The van der Waals surface area contributed by atoms with Crippen LogP contribution in [0.15, 0.2) is 36.8 Å². The summed E-state index contributed by atoms with van der Waals surface area (Å²) in [6.07, 6.45) is 3.10. The Kier molecular flexibility index (Phi) is 5.85. The van der Waals surface area contributed by atoms with Gasteiger partial charge in [0.2, 0.25) is 5.91 Å². The van der Waals surface area contributed by atoms with E-state index in [0.29, 0.717) is 42.3 Å². The molecule has 3 heterocycles. The molecule has 0 bridgehead atoms. The summed E-state index contributed by atoms with van der Waals surface area (Å²) in [6, 6.07) is 6.53. The molecule has 1 aromatic carbocycles. The second-order valence-corrected chi connectivity index (χ2v) is 6.84. The van der Waals surface area contributed by atoms with Crippen molar-refractivity contribution >= 4 is 34.6 Å². The predicted octanol–water partition coefficient (Wildman–Crippen LogP) is 0.297. The number of methoxy groups -OCH3 is 1. The van der Waals surface area contributed by atoms with Crippen LogP contribution >= 0.6 is 0 Å². The minimum Gasteiger partial charge on any atom is -0.383 e. The van der Waals surface area contributed by atoms with Crippen LogP contribution in [0.25, 0.3) is 11.0 Å². The van der Waals surface area contributed by atoms with Crippen LogP contribution in [0.3, 0.4) is 0 Å². The lowest BCUT2D eigenvalue weighted by atomic mass is 10.1. The zero-order valence-electron chi connectivity index (χ0n) is 16.9. The van der Waals surface area contributed by atoms with Crippen molar-refractivity contribution in [3.05, 3.63) is 47.9 Å². The van der Waals surface area contributed by atoms with Crippen molar-refractivity contribution in [1.29, 1.82) is 0 Å². The summed E-state index contributed by atoms with van der Waals surface area (Å²) >= 11 is 0. The fourth-order valence-electron chi connectivity index (χ4n) is 3.35. The zero-order chi connectivity index (χ0) is 21.8. The number of hydrogen-bond acceptors (Lipinski definition) is 8. The van der Waals surface area contributed by atoms with Gasteiger partial charge in [0.05, 0.1) is 35.9 Å². The third kappa shape index (κ3) is 4.08. The molecule has 4 rings (SSSR count). The van der Waals surface area contributed by atoms with E-state index in [2.05, 4.69) is 25.7 Å². The highest BCUT2D eigenvalue weighted by Gasteiger charge is 2.36. The maximum Gasteiger partial charge on any atom is 0.262 e. The van der Waals surface area contributed by atoms with Gasteiger partial charge in [-0.25, -0.2) is 14.6 Å². The first-order chi connectivity index (χ1) is 15.1. The Morgan fingerprint density at radius 1 is 1.10 bits per heavy atom. The Hall–Kier alpha value is -3.86. The molecular formula is C20H21N7O4. The Morgan fingerprint density at radius 3 is 2.55 bits per heavy atom. The Labute approximate surface area is 177 Å². The van der Waals surface area contributed by atoms with Crippen molar-refractivity contribution < 1.29 is 19.1 Å². The molecule has 11 nitrogen and oxygen atoms in total. The first-order valence-corrected chi connectivity index (χ1v) is 9.71. The van der Waals surface area contributed by atoms with Gasteiger partial charge in [0, 0.05) is 20.2 Å². The second-order valence-electron chi connectivity index (χ2n) is 6.84. The van der Waals surface area contributed by atoms with E-state index in [1.165, 1.54) is 6.33 Å². The Morgan fingerprint density at radius 2 is 1.84 bits per heavy atom. The Bertz CT molecular complexity index is 1110. The fourth-order valence-corrected chi connectivity index (χ4v) is 3.35. The van der Waals surface area contributed by atoms with Crippen LogP contribution in [0.2, 0.25) is 0 Å². The molecule has 1 aliphatic rings. The quantitative estimate of drug-likeness (QED) is 0.371. The number of ether oxygens (including phenoxy) is 1. The van der Waals surface area contributed by atoms with Gasteiger partial charge in [-0.05, 0) is 12.1 Å². The average Bonchev–Trinajstić information content (AvgIpc) is 3.30. The number of nitrogens with one attached hydrogen (secondary N) is 2. The monoisotopic (exact) mass is 423 g/mol. The molecule has 11 heteroatoms. The SMILES string of the molecule is COCCNc1ncnc2c1cnn2CCNC(=O)CN1C(=O)c2ccccc2C1=O. The van der Waals surface area contributed by atoms with Crippen molar-refractivity contribution in [1.82, 2.24) is 30.0 Å². The van der Waals surface area contributed by atoms with Crippen LogP contribution in [0.4, 0.5) is 5.82 Å². The molecule has 3 amide bonds. The van der Waals surface area contributed by atoms with Gasteiger partial charge in [0.15, 0.2) is 5.65 Å². The van der Waals surface area contributed by atoms with Gasteiger partial charge in [-0.15, -0.1) is 0 Å². The van der Waals surface area contributed by atoms with E-state index >= 15 is 0 Å². The largest absolute Gasteiger partial charge is 0.383 e. The van der Waals surface area contributed by atoms with E-state index in [1.807, 2.05) is 0 Å². The van der Waals surface area contributed by atoms with Gasteiger partial charge in [0.25, 0.3) is 11.8 Å². The van der Waals surface area contributed by atoms with E-state index in [4.69, 9.17) is 4.74 Å². The highest BCUT2D eigenvalue weighted by atomic mass is 16.5. The second kappa shape index (κ2) is 8.88. The highest BCUT2D eigenvalue weighted by Crippen LogP contribution is 2.22. The van der Waals surface area contributed by atoms with Crippen LogP contribution in [0.5, 0.6) is 0 Å². The smallest absolute Gasteiger partial charge is 0.262 e. The summed E-state index contributed by atoms with van der Waals surface area (Å²) in [6.45, 7) is 1.43. The number of fused-ring (bicyclic) bond motifs is 2. The lowest BCUT2D eigenvalue weighted by molar-refractivity contribution is -0.121. The van der Waals surface area contributed by atoms with Crippen molar-refractivity contribution in [3.63, 3.8) is 0 Å². The number of carbonyl (C=O) groups is 3.